The average molecular weight is 387 g/mol. The summed E-state index contributed by atoms with van der Waals surface area (Å²) in [7, 11) is 0. The van der Waals surface area contributed by atoms with Gasteiger partial charge in [-0.15, -0.1) is 0 Å². The number of hydrogen-bond acceptors (Lipinski definition) is 0. The molecule has 4 fully saturated rings. The summed E-state index contributed by atoms with van der Waals surface area (Å²) in [6, 6.07) is 0. The van der Waals surface area contributed by atoms with E-state index < -0.39 is 0 Å². The van der Waals surface area contributed by atoms with Gasteiger partial charge in [0.15, 0.2) is 0 Å². The first-order valence-electron chi connectivity index (χ1n) is 13.3. The van der Waals surface area contributed by atoms with Crippen LogP contribution in [-0.2, 0) is 0 Å². The molecule has 0 aromatic carbocycles. The summed E-state index contributed by atoms with van der Waals surface area (Å²) >= 11 is 0. The first kappa shape index (κ1) is 21.2. The fourth-order valence-electron chi connectivity index (χ4n) is 9.33. The van der Waals surface area contributed by atoms with Crippen LogP contribution in [0.2, 0.25) is 0 Å². The van der Waals surface area contributed by atoms with E-state index in [9.17, 15) is 0 Å². The van der Waals surface area contributed by atoms with E-state index in [1.165, 1.54) is 25.7 Å². The smallest absolute Gasteiger partial charge is 0.0264 e. The number of hydrogen-bond donors (Lipinski definition) is 0. The van der Waals surface area contributed by atoms with Crippen molar-refractivity contribution >= 4 is 0 Å². The van der Waals surface area contributed by atoms with Crippen LogP contribution in [-0.4, -0.2) is 0 Å². The van der Waals surface area contributed by atoms with Gasteiger partial charge in [-0.1, -0.05) is 67.2 Å². The van der Waals surface area contributed by atoms with E-state index in [1.807, 2.05) is 0 Å². The fourth-order valence-corrected chi connectivity index (χ4v) is 9.33. The molecular formula is C28H50. The molecule has 0 spiro atoms. The van der Waals surface area contributed by atoms with E-state index >= 15 is 0 Å². The highest BCUT2D eigenvalue weighted by Gasteiger charge is 2.60. The molecule has 0 heteroatoms. The van der Waals surface area contributed by atoms with E-state index in [0.29, 0.717) is 10.8 Å². The molecule has 0 heterocycles. The molecule has 0 bridgehead atoms. The van der Waals surface area contributed by atoms with Crippen molar-refractivity contribution in [3.05, 3.63) is 0 Å². The Morgan fingerprint density at radius 1 is 0.714 bits per heavy atom. The van der Waals surface area contributed by atoms with Gasteiger partial charge in [0.1, 0.15) is 0 Å². The largest absolute Gasteiger partial charge is 0.0625 e. The Morgan fingerprint density at radius 3 is 2.21 bits per heavy atom. The first-order valence-corrected chi connectivity index (χ1v) is 13.3. The Morgan fingerprint density at radius 2 is 1.46 bits per heavy atom. The standard InChI is InChI=1S/C28H50/c1-19(2)20(3)10-11-21(4)24-14-15-25-23-13-12-22-9-7-8-17-27(22,5)26(23)16-18-28(24,25)6/h19-26H,7-18H2,1-6H3/t20-,21+,22+,23-,24-,25+,26-,27-,28+/m0/s1. The molecule has 162 valence electrons. The fraction of sp³-hybridized carbons (Fsp3) is 1.00. The van der Waals surface area contributed by atoms with Crippen LogP contribution >= 0.6 is 0 Å². The van der Waals surface area contributed by atoms with Crippen molar-refractivity contribution in [2.24, 2.45) is 58.2 Å². The van der Waals surface area contributed by atoms with Crippen LogP contribution in [0.4, 0.5) is 0 Å². The SMILES string of the molecule is CC(C)[C@@H](C)CC[C@@H](C)[C@@H]1CC[C@@H]2[C@@H]3CC[C@H]4CCCC[C@]4(C)[C@H]3CC[C@@]21C. The zero-order valence-electron chi connectivity index (χ0n) is 20.1. The summed E-state index contributed by atoms with van der Waals surface area (Å²) in [4.78, 5) is 0. The molecule has 0 N–H and O–H groups in total. The van der Waals surface area contributed by atoms with Crippen molar-refractivity contribution < 1.29 is 0 Å². The van der Waals surface area contributed by atoms with Crippen molar-refractivity contribution in [1.82, 2.24) is 0 Å². The number of fused-ring (bicyclic) bond motifs is 5. The Hall–Kier alpha value is 0. The summed E-state index contributed by atoms with van der Waals surface area (Å²) in [6.45, 7) is 15.4. The average Bonchev–Trinajstić information content (AvgIpc) is 3.02. The third-order valence-electron chi connectivity index (χ3n) is 11.6. The molecule has 0 aliphatic heterocycles. The Bertz CT molecular complexity index is 534. The summed E-state index contributed by atoms with van der Waals surface area (Å²) < 4.78 is 0. The van der Waals surface area contributed by atoms with Gasteiger partial charge in [-0.25, -0.2) is 0 Å². The lowest BCUT2D eigenvalue weighted by atomic mass is 9.44. The molecule has 0 unspecified atom stereocenters. The molecule has 4 aliphatic rings. The summed E-state index contributed by atoms with van der Waals surface area (Å²) in [5.74, 6) is 7.96. The van der Waals surface area contributed by atoms with Crippen LogP contribution in [0.25, 0.3) is 0 Å². The highest BCUT2D eigenvalue weighted by atomic mass is 14.6. The minimum atomic E-state index is 0.666. The van der Waals surface area contributed by atoms with E-state index in [0.717, 1.165) is 47.3 Å². The van der Waals surface area contributed by atoms with Gasteiger partial charge in [-0.3, -0.25) is 0 Å². The predicted molar refractivity (Wildman–Crippen MR) is 122 cm³/mol. The third-order valence-corrected chi connectivity index (χ3v) is 11.6. The third kappa shape index (κ3) is 3.41. The van der Waals surface area contributed by atoms with Crippen LogP contribution in [0, 0.1) is 58.2 Å². The lowest BCUT2D eigenvalue weighted by Crippen LogP contribution is -2.53. The normalized spacial score (nSPS) is 47.9. The Balaban J connectivity index is 1.46. The maximum absolute atomic E-state index is 2.75. The Kier molecular flexibility index (Phi) is 6.01. The van der Waals surface area contributed by atoms with E-state index in [-0.39, 0.29) is 0 Å². The highest BCUT2D eigenvalue weighted by Crippen LogP contribution is 2.68. The molecule has 0 amide bonds. The summed E-state index contributed by atoms with van der Waals surface area (Å²) in [5.41, 5.74) is 1.37. The molecule has 4 saturated carbocycles. The minimum Gasteiger partial charge on any atom is -0.0625 e. The molecule has 0 aromatic heterocycles. The Labute approximate surface area is 177 Å². The predicted octanol–water partition coefficient (Wildman–Crippen LogP) is 8.74. The monoisotopic (exact) mass is 386 g/mol. The maximum atomic E-state index is 2.75. The highest BCUT2D eigenvalue weighted by molar-refractivity contribution is 5.09. The van der Waals surface area contributed by atoms with Gasteiger partial charge >= 0.3 is 0 Å². The van der Waals surface area contributed by atoms with Crippen LogP contribution in [0.5, 0.6) is 0 Å². The molecule has 0 aromatic rings. The molecule has 9 atom stereocenters. The van der Waals surface area contributed by atoms with Crippen molar-refractivity contribution in [2.45, 2.75) is 119 Å². The molecular weight excluding hydrogens is 336 g/mol. The van der Waals surface area contributed by atoms with Crippen molar-refractivity contribution in [3.8, 4) is 0 Å². The summed E-state index contributed by atoms with van der Waals surface area (Å²) in [5, 5.41) is 0. The zero-order chi connectivity index (χ0) is 20.1. The van der Waals surface area contributed by atoms with Crippen molar-refractivity contribution in [2.75, 3.05) is 0 Å². The molecule has 0 radical (unpaired) electrons. The molecule has 4 rings (SSSR count). The van der Waals surface area contributed by atoms with E-state index in [2.05, 4.69) is 41.5 Å². The second-order valence-corrected chi connectivity index (χ2v) is 12.9. The van der Waals surface area contributed by atoms with Gasteiger partial charge in [0.2, 0.25) is 0 Å². The minimum absolute atomic E-state index is 0.666. The van der Waals surface area contributed by atoms with Gasteiger partial charge in [-0.05, 0) is 110 Å². The zero-order valence-corrected chi connectivity index (χ0v) is 20.1. The van der Waals surface area contributed by atoms with Gasteiger partial charge in [0.25, 0.3) is 0 Å². The van der Waals surface area contributed by atoms with Crippen molar-refractivity contribution in [1.29, 1.82) is 0 Å². The van der Waals surface area contributed by atoms with Gasteiger partial charge in [0, 0.05) is 0 Å². The topological polar surface area (TPSA) is 0 Å². The second kappa shape index (κ2) is 7.92. The van der Waals surface area contributed by atoms with Crippen LogP contribution < -0.4 is 0 Å². The lowest BCUT2D eigenvalue weighted by molar-refractivity contribution is -0.114. The number of rotatable bonds is 5. The van der Waals surface area contributed by atoms with E-state index in [1.54, 1.807) is 51.4 Å². The van der Waals surface area contributed by atoms with Gasteiger partial charge in [-0.2, -0.15) is 0 Å². The van der Waals surface area contributed by atoms with Crippen LogP contribution in [0.1, 0.15) is 119 Å². The van der Waals surface area contributed by atoms with E-state index in [4.69, 9.17) is 0 Å². The van der Waals surface area contributed by atoms with Gasteiger partial charge in [0.05, 0.1) is 0 Å². The molecule has 4 aliphatic carbocycles. The van der Waals surface area contributed by atoms with Crippen LogP contribution in [0.15, 0.2) is 0 Å². The second-order valence-electron chi connectivity index (χ2n) is 12.9. The molecule has 0 saturated heterocycles. The molecule has 0 nitrogen and oxygen atoms in total. The van der Waals surface area contributed by atoms with Crippen LogP contribution in [0.3, 0.4) is 0 Å². The summed E-state index contributed by atoms with van der Waals surface area (Å²) in [6.07, 6.45) is 18.4. The molecule has 28 heavy (non-hydrogen) atoms. The first-order chi connectivity index (χ1) is 13.3. The van der Waals surface area contributed by atoms with Crippen molar-refractivity contribution in [3.63, 3.8) is 0 Å². The quantitative estimate of drug-likeness (QED) is 0.443. The van der Waals surface area contributed by atoms with Gasteiger partial charge < -0.3 is 0 Å². The maximum Gasteiger partial charge on any atom is -0.0264 e. The lowest BCUT2D eigenvalue weighted by Gasteiger charge is -2.61.